The van der Waals surface area contributed by atoms with Crippen LogP contribution in [0.4, 0.5) is 5.69 Å². The molecule has 116 valence electrons. The maximum absolute atomic E-state index is 11.9. The number of amides is 1. The van der Waals surface area contributed by atoms with Crippen molar-refractivity contribution in [3.05, 3.63) is 47.6 Å². The molecule has 6 nitrogen and oxygen atoms in total. The Morgan fingerprint density at radius 1 is 1.36 bits per heavy atom. The summed E-state index contributed by atoms with van der Waals surface area (Å²) in [6.45, 7) is 5.75. The fourth-order valence-electron chi connectivity index (χ4n) is 1.81. The molecule has 0 aliphatic carbocycles. The molecule has 0 radical (unpaired) electrons. The molecule has 1 N–H and O–H groups in total. The molecule has 0 unspecified atom stereocenters. The maximum atomic E-state index is 11.9. The van der Waals surface area contributed by atoms with Crippen molar-refractivity contribution in [3.63, 3.8) is 0 Å². The van der Waals surface area contributed by atoms with Gasteiger partial charge in [0, 0.05) is 18.2 Å². The van der Waals surface area contributed by atoms with Crippen LogP contribution >= 0.6 is 0 Å². The number of nitrogens with zero attached hydrogens (tertiary/aromatic N) is 2. The summed E-state index contributed by atoms with van der Waals surface area (Å²) in [5.74, 6) is 1.57. The van der Waals surface area contributed by atoms with Crippen LogP contribution in [0.2, 0.25) is 0 Å². The Morgan fingerprint density at radius 3 is 2.68 bits per heavy atom. The van der Waals surface area contributed by atoms with Crippen LogP contribution < -0.4 is 10.1 Å². The number of anilines is 1. The van der Waals surface area contributed by atoms with Gasteiger partial charge in [0.25, 0.3) is 5.91 Å². The van der Waals surface area contributed by atoms with Crippen LogP contribution in [0.25, 0.3) is 0 Å². The predicted octanol–water partition coefficient (Wildman–Crippen LogP) is 3.25. The van der Waals surface area contributed by atoms with Gasteiger partial charge in [-0.2, -0.15) is 4.98 Å². The quantitative estimate of drug-likeness (QED) is 0.829. The van der Waals surface area contributed by atoms with Crippen molar-refractivity contribution in [2.24, 2.45) is 0 Å². The summed E-state index contributed by atoms with van der Waals surface area (Å²) in [5, 5.41) is 6.58. The van der Waals surface area contributed by atoms with E-state index in [1.165, 1.54) is 0 Å². The van der Waals surface area contributed by atoms with E-state index >= 15 is 0 Å². The molecule has 0 saturated carbocycles. The van der Waals surface area contributed by atoms with E-state index in [4.69, 9.17) is 9.26 Å². The number of aryl methyl sites for hydroxylation is 1. The van der Waals surface area contributed by atoms with Crippen molar-refractivity contribution in [1.82, 2.24) is 10.1 Å². The molecule has 1 aromatic carbocycles. The van der Waals surface area contributed by atoms with Crippen molar-refractivity contribution < 1.29 is 14.1 Å². The van der Waals surface area contributed by atoms with E-state index in [1.807, 2.05) is 13.0 Å². The van der Waals surface area contributed by atoms with E-state index in [1.54, 1.807) is 38.1 Å². The highest BCUT2D eigenvalue weighted by Gasteiger charge is 2.05. The Morgan fingerprint density at radius 2 is 2.09 bits per heavy atom. The third-order valence-electron chi connectivity index (χ3n) is 2.92. The van der Waals surface area contributed by atoms with Crippen molar-refractivity contribution in [3.8, 4) is 5.75 Å². The first kappa shape index (κ1) is 15.8. The SMILES string of the molecule is CC/C=C(/C)C(=O)Nc1ccc(OCc2noc(C)n2)cc1. The number of rotatable bonds is 6. The second-order valence-electron chi connectivity index (χ2n) is 4.79. The highest BCUT2D eigenvalue weighted by atomic mass is 16.5. The number of hydrogen-bond acceptors (Lipinski definition) is 5. The summed E-state index contributed by atoms with van der Waals surface area (Å²) >= 11 is 0. The van der Waals surface area contributed by atoms with Crippen LogP contribution in [0.15, 0.2) is 40.4 Å². The number of carbonyl (C=O) groups is 1. The second kappa shape index (κ2) is 7.40. The lowest BCUT2D eigenvalue weighted by atomic mass is 10.2. The monoisotopic (exact) mass is 301 g/mol. The van der Waals surface area contributed by atoms with E-state index in [9.17, 15) is 4.79 Å². The molecule has 1 aromatic heterocycles. The van der Waals surface area contributed by atoms with Gasteiger partial charge in [-0.05, 0) is 37.6 Å². The molecule has 0 saturated heterocycles. The van der Waals surface area contributed by atoms with Gasteiger partial charge in [0.1, 0.15) is 5.75 Å². The lowest BCUT2D eigenvalue weighted by Crippen LogP contribution is -2.12. The van der Waals surface area contributed by atoms with Gasteiger partial charge in [-0.1, -0.05) is 18.2 Å². The van der Waals surface area contributed by atoms with Gasteiger partial charge in [0.2, 0.25) is 11.7 Å². The van der Waals surface area contributed by atoms with E-state index in [2.05, 4.69) is 15.5 Å². The molecule has 0 spiro atoms. The zero-order valence-electron chi connectivity index (χ0n) is 12.9. The lowest BCUT2D eigenvalue weighted by molar-refractivity contribution is -0.112. The number of nitrogens with one attached hydrogen (secondary N) is 1. The third kappa shape index (κ3) is 4.44. The molecule has 1 heterocycles. The minimum absolute atomic E-state index is 0.0993. The molecule has 22 heavy (non-hydrogen) atoms. The molecule has 0 aliphatic heterocycles. The Labute approximate surface area is 129 Å². The number of benzene rings is 1. The highest BCUT2D eigenvalue weighted by molar-refractivity contribution is 6.03. The lowest BCUT2D eigenvalue weighted by Gasteiger charge is -2.07. The Hall–Kier alpha value is -2.63. The first-order valence-corrected chi connectivity index (χ1v) is 7.08. The molecular formula is C16H19N3O3. The van der Waals surface area contributed by atoms with Gasteiger partial charge in [-0.3, -0.25) is 4.79 Å². The highest BCUT2D eigenvalue weighted by Crippen LogP contribution is 2.17. The zero-order valence-corrected chi connectivity index (χ0v) is 12.9. The van der Waals surface area contributed by atoms with Crippen LogP contribution in [-0.2, 0) is 11.4 Å². The first-order valence-electron chi connectivity index (χ1n) is 7.08. The summed E-state index contributed by atoms with van der Waals surface area (Å²) in [5.41, 5.74) is 1.42. The van der Waals surface area contributed by atoms with Gasteiger partial charge in [-0.15, -0.1) is 0 Å². The minimum atomic E-state index is -0.0993. The normalized spacial score (nSPS) is 11.3. The van der Waals surface area contributed by atoms with E-state index in [-0.39, 0.29) is 12.5 Å². The summed E-state index contributed by atoms with van der Waals surface area (Å²) in [4.78, 5) is 15.9. The molecule has 6 heteroatoms. The minimum Gasteiger partial charge on any atom is -0.485 e. The predicted molar refractivity (Wildman–Crippen MR) is 82.5 cm³/mol. The Kier molecular flexibility index (Phi) is 5.30. The molecule has 0 aliphatic rings. The summed E-state index contributed by atoms with van der Waals surface area (Å²) in [7, 11) is 0. The summed E-state index contributed by atoms with van der Waals surface area (Å²) in [6, 6.07) is 7.13. The van der Waals surface area contributed by atoms with E-state index in [0.717, 1.165) is 12.1 Å². The van der Waals surface area contributed by atoms with Gasteiger partial charge >= 0.3 is 0 Å². The smallest absolute Gasteiger partial charge is 0.250 e. The van der Waals surface area contributed by atoms with E-state index in [0.29, 0.717) is 23.0 Å². The number of carbonyl (C=O) groups excluding carboxylic acids is 1. The second-order valence-corrected chi connectivity index (χ2v) is 4.79. The van der Waals surface area contributed by atoms with Crippen molar-refractivity contribution in [2.45, 2.75) is 33.8 Å². The fourth-order valence-corrected chi connectivity index (χ4v) is 1.81. The number of allylic oxidation sites excluding steroid dienone is 1. The Bertz CT molecular complexity index is 660. The summed E-state index contributed by atoms with van der Waals surface area (Å²) < 4.78 is 10.4. The molecule has 0 atom stereocenters. The topological polar surface area (TPSA) is 77.2 Å². The maximum Gasteiger partial charge on any atom is 0.250 e. The van der Waals surface area contributed by atoms with Gasteiger partial charge < -0.3 is 14.6 Å². The molecule has 0 bridgehead atoms. The average molecular weight is 301 g/mol. The number of aromatic nitrogens is 2. The molecular weight excluding hydrogens is 282 g/mol. The molecule has 2 aromatic rings. The zero-order chi connectivity index (χ0) is 15.9. The number of ether oxygens (including phenoxy) is 1. The van der Waals surface area contributed by atoms with Crippen LogP contribution in [0.5, 0.6) is 5.75 Å². The molecule has 2 rings (SSSR count). The van der Waals surface area contributed by atoms with Crippen molar-refractivity contribution in [2.75, 3.05) is 5.32 Å². The van der Waals surface area contributed by atoms with Crippen LogP contribution in [0, 0.1) is 6.92 Å². The molecule has 0 fully saturated rings. The van der Waals surface area contributed by atoms with Crippen LogP contribution in [0.3, 0.4) is 0 Å². The van der Waals surface area contributed by atoms with Crippen LogP contribution in [0.1, 0.15) is 32.0 Å². The van der Waals surface area contributed by atoms with Gasteiger partial charge in [0.05, 0.1) is 0 Å². The standard InChI is InChI=1S/C16H19N3O3/c1-4-5-11(2)16(20)18-13-6-8-14(9-7-13)21-10-15-17-12(3)22-19-15/h5-9H,4,10H2,1-3H3,(H,18,20)/b11-5-. The van der Waals surface area contributed by atoms with Crippen molar-refractivity contribution >= 4 is 11.6 Å². The third-order valence-corrected chi connectivity index (χ3v) is 2.92. The fraction of sp³-hybridized carbons (Fsp3) is 0.312. The molecule has 1 amide bonds. The average Bonchev–Trinajstić information content (AvgIpc) is 2.92. The Balaban J connectivity index is 1.90. The van der Waals surface area contributed by atoms with Gasteiger partial charge in [-0.25, -0.2) is 0 Å². The first-order chi connectivity index (χ1) is 10.6. The largest absolute Gasteiger partial charge is 0.485 e. The van der Waals surface area contributed by atoms with Crippen molar-refractivity contribution in [1.29, 1.82) is 0 Å². The number of hydrogen-bond donors (Lipinski definition) is 1. The van der Waals surface area contributed by atoms with Gasteiger partial charge in [0.15, 0.2) is 6.61 Å². The summed E-state index contributed by atoms with van der Waals surface area (Å²) in [6.07, 6.45) is 2.72. The van der Waals surface area contributed by atoms with Crippen LogP contribution in [-0.4, -0.2) is 16.0 Å². The van der Waals surface area contributed by atoms with E-state index < -0.39 is 0 Å².